The standard InChI is InChI=1S/C17H23NO/c1-3-4-7-12-17(2,19)13-15-11-10-14-8-5-6-9-16(14)18-15/h5-6,8-11,19H,3-4,7,12-13H2,1-2H3. The number of hydrogen-bond acceptors (Lipinski definition) is 2. The average molecular weight is 257 g/mol. The van der Waals surface area contributed by atoms with Crippen LogP contribution in [0.5, 0.6) is 0 Å². The summed E-state index contributed by atoms with van der Waals surface area (Å²) in [5, 5.41) is 11.6. The number of nitrogens with zero attached hydrogens (tertiary/aromatic N) is 1. The van der Waals surface area contributed by atoms with E-state index in [2.05, 4.69) is 24.0 Å². The second kappa shape index (κ2) is 6.16. The van der Waals surface area contributed by atoms with Crippen molar-refractivity contribution in [2.75, 3.05) is 0 Å². The normalized spacial score (nSPS) is 14.5. The zero-order valence-electron chi connectivity index (χ0n) is 11.9. The summed E-state index contributed by atoms with van der Waals surface area (Å²) in [6.07, 6.45) is 4.92. The van der Waals surface area contributed by atoms with Gasteiger partial charge in [-0.25, -0.2) is 0 Å². The second-order valence-corrected chi connectivity index (χ2v) is 5.63. The minimum absolute atomic E-state index is 0.627. The molecule has 1 aromatic heterocycles. The largest absolute Gasteiger partial charge is 0.390 e. The molecule has 0 radical (unpaired) electrons. The number of hydrogen-bond donors (Lipinski definition) is 1. The van der Waals surface area contributed by atoms with E-state index in [1.165, 1.54) is 12.8 Å². The number of pyridine rings is 1. The molecule has 2 aromatic rings. The van der Waals surface area contributed by atoms with E-state index < -0.39 is 5.60 Å². The molecule has 2 heteroatoms. The molecule has 0 amide bonds. The lowest BCUT2D eigenvalue weighted by atomic mass is 9.93. The van der Waals surface area contributed by atoms with Gasteiger partial charge in [0.2, 0.25) is 0 Å². The van der Waals surface area contributed by atoms with Crippen molar-refractivity contribution in [2.24, 2.45) is 0 Å². The average Bonchev–Trinajstić information content (AvgIpc) is 2.38. The quantitative estimate of drug-likeness (QED) is 0.790. The van der Waals surface area contributed by atoms with Crippen LogP contribution in [0.1, 0.15) is 45.2 Å². The molecule has 0 saturated heterocycles. The SMILES string of the molecule is CCCCCC(C)(O)Cc1ccc2ccccc2n1. The van der Waals surface area contributed by atoms with Crippen LogP contribution >= 0.6 is 0 Å². The number of rotatable bonds is 6. The molecule has 1 heterocycles. The van der Waals surface area contributed by atoms with Crippen molar-refractivity contribution < 1.29 is 5.11 Å². The van der Waals surface area contributed by atoms with Gasteiger partial charge in [-0.3, -0.25) is 4.98 Å². The van der Waals surface area contributed by atoms with Gasteiger partial charge in [-0.2, -0.15) is 0 Å². The van der Waals surface area contributed by atoms with Gasteiger partial charge in [0.25, 0.3) is 0 Å². The maximum atomic E-state index is 10.4. The van der Waals surface area contributed by atoms with E-state index in [1.807, 2.05) is 31.2 Å². The summed E-state index contributed by atoms with van der Waals surface area (Å²) in [5.41, 5.74) is 1.33. The summed E-state index contributed by atoms with van der Waals surface area (Å²) in [4.78, 5) is 4.63. The van der Waals surface area contributed by atoms with E-state index in [0.29, 0.717) is 6.42 Å². The van der Waals surface area contributed by atoms with E-state index in [-0.39, 0.29) is 0 Å². The molecule has 2 rings (SSSR count). The summed E-state index contributed by atoms with van der Waals surface area (Å²) < 4.78 is 0. The molecule has 1 N–H and O–H groups in total. The van der Waals surface area contributed by atoms with Gasteiger partial charge < -0.3 is 5.11 Å². The Morgan fingerprint density at radius 1 is 1.11 bits per heavy atom. The van der Waals surface area contributed by atoms with Crippen molar-refractivity contribution in [1.82, 2.24) is 4.98 Å². The molecule has 0 aliphatic rings. The van der Waals surface area contributed by atoms with Gasteiger partial charge >= 0.3 is 0 Å². The molecule has 0 spiro atoms. The van der Waals surface area contributed by atoms with Crippen LogP contribution in [-0.2, 0) is 6.42 Å². The summed E-state index contributed by atoms with van der Waals surface area (Å²) >= 11 is 0. The summed E-state index contributed by atoms with van der Waals surface area (Å²) in [6, 6.07) is 12.2. The molecule has 2 nitrogen and oxygen atoms in total. The Labute approximate surface area is 115 Å². The first-order valence-corrected chi connectivity index (χ1v) is 7.18. The van der Waals surface area contributed by atoms with Crippen LogP contribution in [0.4, 0.5) is 0 Å². The van der Waals surface area contributed by atoms with Gasteiger partial charge in [-0.1, -0.05) is 50.5 Å². The lowest BCUT2D eigenvalue weighted by molar-refractivity contribution is 0.0477. The molecular formula is C17H23NO. The third kappa shape index (κ3) is 4.03. The highest BCUT2D eigenvalue weighted by atomic mass is 16.3. The third-order valence-electron chi connectivity index (χ3n) is 3.54. The van der Waals surface area contributed by atoms with Crippen LogP contribution in [0.3, 0.4) is 0 Å². The van der Waals surface area contributed by atoms with Gasteiger partial charge in [0.05, 0.1) is 11.1 Å². The molecule has 0 bridgehead atoms. The van der Waals surface area contributed by atoms with Gasteiger partial charge in [-0.15, -0.1) is 0 Å². The highest BCUT2D eigenvalue weighted by molar-refractivity contribution is 5.78. The zero-order chi connectivity index (χ0) is 13.7. The zero-order valence-corrected chi connectivity index (χ0v) is 11.9. The van der Waals surface area contributed by atoms with Crippen molar-refractivity contribution in [3.05, 3.63) is 42.1 Å². The summed E-state index contributed by atoms with van der Waals surface area (Å²) in [6.45, 7) is 4.10. The summed E-state index contributed by atoms with van der Waals surface area (Å²) in [7, 11) is 0. The van der Waals surface area contributed by atoms with Gasteiger partial charge in [0.1, 0.15) is 0 Å². The maximum Gasteiger partial charge on any atom is 0.0705 e. The Morgan fingerprint density at radius 2 is 1.89 bits per heavy atom. The lowest BCUT2D eigenvalue weighted by Gasteiger charge is -2.23. The predicted octanol–water partition coefficient (Wildman–Crippen LogP) is 4.11. The second-order valence-electron chi connectivity index (χ2n) is 5.63. The van der Waals surface area contributed by atoms with E-state index >= 15 is 0 Å². The maximum absolute atomic E-state index is 10.4. The monoisotopic (exact) mass is 257 g/mol. The van der Waals surface area contributed by atoms with Crippen LogP contribution in [0.15, 0.2) is 36.4 Å². The molecule has 0 fully saturated rings. The van der Waals surface area contributed by atoms with E-state index in [9.17, 15) is 5.11 Å². The first kappa shape index (κ1) is 14.0. The smallest absolute Gasteiger partial charge is 0.0705 e. The molecule has 19 heavy (non-hydrogen) atoms. The van der Waals surface area contributed by atoms with Crippen molar-refractivity contribution in [3.8, 4) is 0 Å². The molecule has 0 aliphatic heterocycles. The first-order chi connectivity index (χ1) is 9.11. The van der Waals surface area contributed by atoms with E-state index in [0.717, 1.165) is 29.4 Å². The van der Waals surface area contributed by atoms with Crippen LogP contribution in [0.2, 0.25) is 0 Å². The lowest BCUT2D eigenvalue weighted by Crippen LogP contribution is -2.27. The van der Waals surface area contributed by atoms with Gasteiger partial charge in [0.15, 0.2) is 0 Å². The highest BCUT2D eigenvalue weighted by Gasteiger charge is 2.21. The number of fused-ring (bicyclic) bond motifs is 1. The Kier molecular flexibility index (Phi) is 4.54. The van der Waals surface area contributed by atoms with Crippen LogP contribution in [-0.4, -0.2) is 15.7 Å². The predicted molar refractivity (Wildman–Crippen MR) is 80.2 cm³/mol. The third-order valence-corrected chi connectivity index (χ3v) is 3.54. The van der Waals surface area contributed by atoms with Crippen LogP contribution in [0, 0.1) is 0 Å². The van der Waals surface area contributed by atoms with Crippen molar-refractivity contribution in [2.45, 2.75) is 51.6 Å². The van der Waals surface area contributed by atoms with E-state index in [4.69, 9.17) is 0 Å². The van der Waals surface area contributed by atoms with Crippen molar-refractivity contribution >= 4 is 10.9 Å². The fourth-order valence-electron chi connectivity index (χ4n) is 2.44. The van der Waals surface area contributed by atoms with Crippen molar-refractivity contribution in [3.63, 3.8) is 0 Å². The first-order valence-electron chi connectivity index (χ1n) is 7.18. The molecule has 1 atom stereocenters. The molecule has 1 unspecified atom stereocenters. The van der Waals surface area contributed by atoms with Crippen molar-refractivity contribution in [1.29, 1.82) is 0 Å². The van der Waals surface area contributed by atoms with Gasteiger partial charge in [0, 0.05) is 17.5 Å². The molecule has 1 aromatic carbocycles. The topological polar surface area (TPSA) is 33.1 Å². The molecule has 0 saturated carbocycles. The van der Waals surface area contributed by atoms with Gasteiger partial charge in [-0.05, 0) is 25.5 Å². The van der Waals surface area contributed by atoms with E-state index in [1.54, 1.807) is 0 Å². The Balaban J connectivity index is 2.07. The summed E-state index contributed by atoms with van der Waals surface area (Å²) in [5.74, 6) is 0. The number of unbranched alkanes of at least 4 members (excludes halogenated alkanes) is 2. The fourth-order valence-corrected chi connectivity index (χ4v) is 2.44. The Bertz CT molecular complexity index is 534. The minimum Gasteiger partial charge on any atom is -0.390 e. The van der Waals surface area contributed by atoms with Crippen LogP contribution < -0.4 is 0 Å². The number of benzene rings is 1. The fraction of sp³-hybridized carbons (Fsp3) is 0.471. The molecule has 0 aliphatic carbocycles. The minimum atomic E-state index is -0.648. The molecular weight excluding hydrogens is 234 g/mol. The molecule has 102 valence electrons. The Hall–Kier alpha value is -1.41. The number of aromatic nitrogens is 1. The number of aliphatic hydroxyl groups is 1. The Morgan fingerprint density at radius 3 is 2.68 bits per heavy atom. The van der Waals surface area contributed by atoms with Crippen LogP contribution in [0.25, 0.3) is 10.9 Å². The highest BCUT2D eigenvalue weighted by Crippen LogP contribution is 2.21. The number of para-hydroxylation sites is 1.